The van der Waals surface area contributed by atoms with Gasteiger partial charge in [-0.1, -0.05) is 44.4 Å². The first-order valence-electron chi connectivity index (χ1n) is 7.89. The zero-order valence-corrected chi connectivity index (χ0v) is 15.1. The lowest BCUT2D eigenvalue weighted by Gasteiger charge is -2.05. The van der Waals surface area contributed by atoms with Crippen molar-refractivity contribution in [3.63, 3.8) is 0 Å². The summed E-state index contributed by atoms with van der Waals surface area (Å²) in [6, 6.07) is 0. The highest BCUT2D eigenvalue weighted by Gasteiger charge is 1.96. The van der Waals surface area contributed by atoms with Crippen LogP contribution in [0.5, 0.6) is 0 Å². The van der Waals surface area contributed by atoms with Gasteiger partial charge in [0, 0.05) is 7.05 Å². The van der Waals surface area contributed by atoms with E-state index in [0.29, 0.717) is 5.84 Å². The topological polar surface area (TPSA) is 50.7 Å². The van der Waals surface area contributed by atoms with Crippen molar-refractivity contribution >= 4 is 12.2 Å². The third-order valence-electron chi connectivity index (χ3n) is 3.30. The predicted molar refractivity (Wildman–Crippen MR) is 98.2 cm³/mol. The molecule has 2 N–H and O–H groups in total. The molecule has 0 aromatic heterocycles. The first-order valence-corrected chi connectivity index (χ1v) is 7.89. The molecule has 0 amide bonds. The van der Waals surface area contributed by atoms with E-state index in [1.165, 1.54) is 37.6 Å². The molecule has 1 atom stereocenters. The van der Waals surface area contributed by atoms with Crippen molar-refractivity contribution in [2.45, 2.75) is 67.2 Å². The molecule has 0 spiro atoms. The molecule has 0 rings (SSSR count). The zero-order chi connectivity index (χ0) is 16.7. The Kier molecular flexibility index (Phi) is 15.7. The SMILES string of the molecule is C/C=C(/C)C(N)=NC=NC.CCC(C)CCCC=C(C)C. The van der Waals surface area contributed by atoms with Gasteiger partial charge in [0.05, 0.1) is 0 Å². The fourth-order valence-corrected chi connectivity index (χ4v) is 1.43. The Labute approximate surface area is 132 Å². The third-order valence-corrected chi connectivity index (χ3v) is 3.30. The van der Waals surface area contributed by atoms with Gasteiger partial charge >= 0.3 is 0 Å². The van der Waals surface area contributed by atoms with Gasteiger partial charge in [-0.15, -0.1) is 0 Å². The van der Waals surface area contributed by atoms with E-state index in [0.717, 1.165) is 11.5 Å². The van der Waals surface area contributed by atoms with Crippen molar-refractivity contribution in [3.8, 4) is 0 Å². The molecule has 0 aliphatic rings. The van der Waals surface area contributed by atoms with Gasteiger partial charge in [0.25, 0.3) is 0 Å². The number of nitrogens with two attached hydrogens (primary N) is 1. The van der Waals surface area contributed by atoms with E-state index in [1.807, 2.05) is 19.9 Å². The predicted octanol–water partition coefficient (Wildman–Crippen LogP) is 5.14. The molecule has 0 saturated heterocycles. The Bertz CT molecular complexity index is 359. The van der Waals surface area contributed by atoms with E-state index in [-0.39, 0.29) is 0 Å². The second-order valence-electron chi connectivity index (χ2n) is 5.59. The average Bonchev–Trinajstić information content (AvgIpc) is 2.48. The quantitative estimate of drug-likeness (QED) is 0.300. The molecule has 122 valence electrons. The number of amidine groups is 1. The van der Waals surface area contributed by atoms with E-state index >= 15 is 0 Å². The van der Waals surface area contributed by atoms with E-state index in [9.17, 15) is 0 Å². The van der Waals surface area contributed by atoms with Gasteiger partial charge in [0.15, 0.2) is 0 Å². The minimum atomic E-state index is 0.521. The number of rotatable bonds is 7. The summed E-state index contributed by atoms with van der Waals surface area (Å²) in [4.78, 5) is 7.52. The van der Waals surface area contributed by atoms with Crippen molar-refractivity contribution in [3.05, 3.63) is 23.3 Å². The van der Waals surface area contributed by atoms with Crippen LogP contribution in [-0.2, 0) is 0 Å². The molecule has 21 heavy (non-hydrogen) atoms. The highest BCUT2D eigenvalue weighted by molar-refractivity contribution is 6.00. The van der Waals surface area contributed by atoms with Gasteiger partial charge in [-0.2, -0.15) is 0 Å². The van der Waals surface area contributed by atoms with Crippen LogP contribution in [0, 0.1) is 5.92 Å². The molecule has 0 aromatic rings. The molecule has 0 saturated carbocycles. The monoisotopic (exact) mass is 293 g/mol. The summed E-state index contributed by atoms with van der Waals surface area (Å²) in [5, 5.41) is 0. The number of nitrogens with zero attached hydrogens (tertiary/aromatic N) is 2. The van der Waals surface area contributed by atoms with Crippen molar-refractivity contribution in [1.29, 1.82) is 0 Å². The van der Waals surface area contributed by atoms with Gasteiger partial charge in [-0.25, -0.2) is 4.99 Å². The molecule has 3 nitrogen and oxygen atoms in total. The van der Waals surface area contributed by atoms with Crippen molar-refractivity contribution < 1.29 is 0 Å². The van der Waals surface area contributed by atoms with Gasteiger partial charge in [-0.05, 0) is 52.0 Å². The first kappa shape index (κ1) is 21.9. The Morgan fingerprint density at radius 2 is 1.86 bits per heavy atom. The van der Waals surface area contributed by atoms with Crippen LogP contribution in [0.2, 0.25) is 0 Å². The van der Waals surface area contributed by atoms with Crippen LogP contribution in [0.4, 0.5) is 0 Å². The molecule has 3 heteroatoms. The highest BCUT2D eigenvalue weighted by Crippen LogP contribution is 2.11. The second-order valence-corrected chi connectivity index (χ2v) is 5.59. The number of hydrogen-bond donors (Lipinski definition) is 1. The third kappa shape index (κ3) is 16.6. The maximum absolute atomic E-state index is 5.50. The van der Waals surface area contributed by atoms with E-state index in [1.54, 1.807) is 7.05 Å². The summed E-state index contributed by atoms with van der Waals surface area (Å²) < 4.78 is 0. The molecule has 0 aromatic carbocycles. The first-order chi connectivity index (χ1) is 9.88. The highest BCUT2D eigenvalue weighted by atomic mass is 14.9. The molecule has 1 unspecified atom stereocenters. The Morgan fingerprint density at radius 1 is 1.24 bits per heavy atom. The van der Waals surface area contributed by atoms with Crippen molar-refractivity contribution in [2.75, 3.05) is 7.05 Å². The summed E-state index contributed by atoms with van der Waals surface area (Å²) >= 11 is 0. The maximum Gasteiger partial charge on any atom is 0.127 e. The molecule has 0 bridgehead atoms. The fraction of sp³-hybridized carbons (Fsp3) is 0.667. The maximum atomic E-state index is 5.50. The standard InChI is InChI=1S/C11H22.C7H13N3/c1-5-11(4)9-7-6-8-10(2)3;1-4-6(2)7(8)10-5-9-3/h8,11H,5-7,9H2,1-4H3;4-5H,1-3H3,(H2,8,9,10)/b;6-4-. The average molecular weight is 293 g/mol. The smallest absolute Gasteiger partial charge is 0.127 e. The summed E-state index contributed by atoms with van der Waals surface area (Å²) in [6.07, 6.45) is 11.0. The molecule has 0 heterocycles. The molecule has 0 aliphatic heterocycles. The van der Waals surface area contributed by atoms with Crippen LogP contribution in [0.1, 0.15) is 67.2 Å². The van der Waals surface area contributed by atoms with Crippen molar-refractivity contribution in [1.82, 2.24) is 0 Å². The molecular weight excluding hydrogens is 258 g/mol. The van der Waals surface area contributed by atoms with Crippen molar-refractivity contribution in [2.24, 2.45) is 21.6 Å². The second kappa shape index (κ2) is 15.0. The number of hydrogen-bond acceptors (Lipinski definition) is 1. The van der Waals surface area contributed by atoms with Gasteiger partial charge in [0.1, 0.15) is 12.2 Å². The summed E-state index contributed by atoms with van der Waals surface area (Å²) in [6.45, 7) is 12.8. The van der Waals surface area contributed by atoms with Crippen LogP contribution in [-0.4, -0.2) is 19.2 Å². The Hall–Kier alpha value is -1.38. The number of unbranched alkanes of at least 4 members (excludes halogenated alkanes) is 1. The number of allylic oxidation sites excluding steroid dienone is 3. The minimum Gasteiger partial charge on any atom is -0.383 e. The normalized spacial score (nSPS) is 13.7. The van der Waals surface area contributed by atoms with Crippen LogP contribution < -0.4 is 5.73 Å². The summed E-state index contributed by atoms with van der Waals surface area (Å²) in [5.41, 5.74) is 7.93. The lowest BCUT2D eigenvalue weighted by atomic mass is 10.0. The van der Waals surface area contributed by atoms with Crippen LogP contribution in [0.15, 0.2) is 33.3 Å². The van der Waals surface area contributed by atoms with Gasteiger partial charge < -0.3 is 5.73 Å². The number of aliphatic imine (C=N–C) groups is 2. The van der Waals surface area contributed by atoms with Crippen LogP contribution in [0.25, 0.3) is 0 Å². The Morgan fingerprint density at radius 3 is 2.29 bits per heavy atom. The molecular formula is C18H35N3. The van der Waals surface area contributed by atoms with Gasteiger partial charge in [0.2, 0.25) is 0 Å². The summed E-state index contributed by atoms with van der Waals surface area (Å²) in [5.74, 6) is 1.44. The Balaban J connectivity index is 0. The van der Waals surface area contributed by atoms with Crippen LogP contribution in [0.3, 0.4) is 0 Å². The van der Waals surface area contributed by atoms with E-state index < -0.39 is 0 Å². The van der Waals surface area contributed by atoms with Gasteiger partial charge in [-0.3, -0.25) is 4.99 Å². The summed E-state index contributed by atoms with van der Waals surface area (Å²) in [7, 11) is 1.65. The van der Waals surface area contributed by atoms with E-state index in [4.69, 9.17) is 5.73 Å². The molecule has 0 fully saturated rings. The molecule has 0 aliphatic carbocycles. The van der Waals surface area contributed by atoms with Crippen LogP contribution >= 0.6 is 0 Å². The lowest BCUT2D eigenvalue weighted by molar-refractivity contribution is 0.498. The lowest BCUT2D eigenvalue weighted by Crippen LogP contribution is -2.12. The minimum absolute atomic E-state index is 0.521. The van der Waals surface area contributed by atoms with E-state index in [2.05, 4.69) is 43.8 Å². The fourth-order valence-electron chi connectivity index (χ4n) is 1.43. The largest absolute Gasteiger partial charge is 0.383 e. The zero-order valence-electron chi connectivity index (χ0n) is 15.1. The molecule has 0 radical (unpaired) electrons.